The van der Waals surface area contributed by atoms with Crippen LogP contribution in [0.4, 0.5) is 0 Å². The van der Waals surface area contributed by atoms with Gasteiger partial charge < -0.3 is 13.9 Å². The average molecular weight is 339 g/mol. The minimum atomic E-state index is -1.91. The van der Waals surface area contributed by atoms with Crippen molar-refractivity contribution < 1.29 is 13.9 Å². The van der Waals surface area contributed by atoms with Gasteiger partial charge in [-0.3, -0.25) is 0 Å². The molecule has 132 valence electrons. The van der Waals surface area contributed by atoms with E-state index in [-0.39, 0.29) is 10.5 Å². The highest BCUT2D eigenvalue weighted by atomic mass is 28.4. The van der Waals surface area contributed by atoms with Crippen molar-refractivity contribution in [3.05, 3.63) is 23.5 Å². The van der Waals surface area contributed by atoms with Crippen LogP contribution in [-0.4, -0.2) is 27.3 Å². The topological polar surface area (TPSA) is 27.7 Å². The van der Waals surface area contributed by atoms with Crippen LogP contribution < -0.4 is 0 Å². The van der Waals surface area contributed by atoms with Gasteiger partial charge in [-0.1, -0.05) is 46.8 Å². The van der Waals surface area contributed by atoms with E-state index in [1.807, 2.05) is 0 Å². The van der Waals surface area contributed by atoms with Crippen molar-refractivity contribution in [3.8, 4) is 0 Å². The normalized spacial score (nSPS) is 24.2. The fourth-order valence-corrected chi connectivity index (χ4v) is 4.60. The predicted molar refractivity (Wildman–Crippen MR) is 97.8 cm³/mol. The molecular formula is C19H34O3Si. The minimum absolute atomic E-state index is 0.154. The van der Waals surface area contributed by atoms with E-state index in [1.165, 1.54) is 11.1 Å². The summed E-state index contributed by atoms with van der Waals surface area (Å²) in [6.07, 6.45) is 1.88. The molecule has 1 saturated heterocycles. The van der Waals surface area contributed by atoms with E-state index in [2.05, 4.69) is 61.2 Å². The van der Waals surface area contributed by atoms with Gasteiger partial charge in [-0.15, -0.1) is 0 Å². The Morgan fingerprint density at radius 1 is 1.17 bits per heavy atom. The maximum Gasteiger partial charge on any atom is 0.250 e. The molecule has 1 aliphatic heterocycles. The molecule has 0 bridgehead atoms. The van der Waals surface area contributed by atoms with Crippen LogP contribution in [0.1, 0.15) is 54.4 Å². The van der Waals surface area contributed by atoms with Crippen LogP contribution in [0.5, 0.6) is 0 Å². The van der Waals surface area contributed by atoms with Crippen molar-refractivity contribution in [1.82, 2.24) is 0 Å². The maximum absolute atomic E-state index is 6.53. The van der Waals surface area contributed by atoms with Gasteiger partial charge in [0.2, 0.25) is 8.32 Å². The molecule has 1 fully saturated rings. The van der Waals surface area contributed by atoms with Crippen LogP contribution in [-0.2, 0) is 13.9 Å². The molecule has 1 spiro atoms. The van der Waals surface area contributed by atoms with Crippen molar-refractivity contribution in [3.63, 3.8) is 0 Å². The highest BCUT2D eigenvalue weighted by Crippen LogP contribution is 2.54. The molecule has 0 saturated carbocycles. The van der Waals surface area contributed by atoms with Crippen LogP contribution in [0, 0.1) is 5.41 Å². The molecule has 0 atom stereocenters. The molecular weight excluding hydrogens is 304 g/mol. The summed E-state index contributed by atoms with van der Waals surface area (Å²) in [5, 5.41) is 0.154. The van der Waals surface area contributed by atoms with E-state index in [4.69, 9.17) is 13.9 Å². The Morgan fingerprint density at radius 2 is 1.70 bits per heavy atom. The Balaban J connectivity index is 2.35. The molecule has 0 radical (unpaired) electrons. The molecule has 2 rings (SSSR count). The molecule has 2 aliphatic rings. The Bertz CT molecular complexity index is 517. The van der Waals surface area contributed by atoms with Gasteiger partial charge in [-0.25, -0.2) is 0 Å². The van der Waals surface area contributed by atoms with Crippen molar-refractivity contribution >= 4 is 8.32 Å². The first-order valence-corrected chi connectivity index (χ1v) is 11.6. The molecule has 0 aromatic rings. The number of hydrogen-bond acceptors (Lipinski definition) is 3. The van der Waals surface area contributed by atoms with E-state index >= 15 is 0 Å². The zero-order valence-electron chi connectivity index (χ0n) is 16.3. The van der Waals surface area contributed by atoms with Crippen molar-refractivity contribution in [1.29, 1.82) is 0 Å². The van der Waals surface area contributed by atoms with Crippen LogP contribution in [0.3, 0.4) is 0 Å². The number of rotatable bonds is 3. The smallest absolute Gasteiger partial charge is 0.250 e. The van der Waals surface area contributed by atoms with Gasteiger partial charge in [0, 0.05) is 17.4 Å². The molecule has 0 N–H and O–H groups in total. The first kappa shape index (κ1) is 18.8. The molecule has 0 aromatic heterocycles. The van der Waals surface area contributed by atoms with Gasteiger partial charge in [0.15, 0.2) is 5.79 Å². The zero-order valence-corrected chi connectivity index (χ0v) is 17.3. The Morgan fingerprint density at radius 3 is 2.17 bits per heavy atom. The van der Waals surface area contributed by atoms with Crippen molar-refractivity contribution in [2.75, 3.05) is 13.2 Å². The van der Waals surface area contributed by atoms with Crippen LogP contribution in [0.25, 0.3) is 0 Å². The lowest BCUT2D eigenvalue weighted by Gasteiger charge is -2.49. The van der Waals surface area contributed by atoms with Crippen molar-refractivity contribution in [2.45, 2.75) is 78.3 Å². The second-order valence-corrected chi connectivity index (χ2v) is 13.7. The molecule has 0 unspecified atom stereocenters. The van der Waals surface area contributed by atoms with Gasteiger partial charge in [-0.2, -0.15) is 0 Å². The summed E-state index contributed by atoms with van der Waals surface area (Å²) >= 11 is 0. The van der Waals surface area contributed by atoms with Gasteiger partial charge in [0.1, 0.15) is 0 Å². The molecule has 3 nitrogen and oxygen atoms in total. The summed E-state index contributed by atoms with van der Waals surface area (Å²) in [5.74, 6) is 0.291. The zero-order chi connectivity index (χ0) is 17.7. The van der Waals surface area contributed by atoms with Gasteiger partial charge >= 0.3 is 0 Å². The summed E-state index contributed by atoms with van der Waals surface area (Å²) in [6, 6.07) is 0. The van der Waals surface area contributed by atoms with Crippen LogP contribution in [0.2, 0.25) is 18.1 Å². The van der Waals surface area contributed by atoms with E-state index in [1.54, 1.807) is 0 Å². The fourth-order valence-electron chi connectivity index (χ4n) is 3.57. The standard InChI is InChI=1S/C19H34O3Si/c1-14-10-11-19(20-12-13-21-19)18(6,7)16(14)15(2)22-23(8,9)17(3,4)5/h2,10-13H2,1,3-9H3. The van der Waals surface area contributed by atoms with E-state index in [9.17, 15) is 0 Å². The highest BCUT2D eigenvalue weighted by molar-refractivity contribution is 6.74. The lowest BCUT2D eigenvalue weighted by Crippen LogP contribution is -2.50. The van der Waals surface area contributed by atoms with Crippen LogP contribution >= 0.6 is 0 Å². The number of ether oxygens (including phenoxy) is 2. The fraction of sp³-hybridized carbons (Fsp3) is 0.789. The van der Waals surface area contributed by atoms with Gasteiger partial charge in [0.25, 0.3) is 0 Å². The molecule has 0 aromatic carbocycles. The van der Waals surface area contributed by atoms with E-state index < -0.39 is 14.1 Å². The SMILES string of the molecule is C=C(O[Si](C)(C)C(C)(C)C)C1=C(C)CCC2(OCCO2)C1(C)C. The van der Waals surface area contributed by atoms with E-state index in [0.717, 1.165) is 18.6 Å². The molecule has 1 heterocycles. The summed E-state index contributed by atoms with van der Waals surface area (Å²) in [4.78, 5) is 0. The summed E-state index contributed by atoms with van der Waals surface area (Å²) in [7, 11) is -1.91. The second kappa shape index (κ2) is 5.75. The largest absolute Gasteiger partial charge is 0.544 e. The molecule has 23 heavy (non-hydrogen) atoms. The Labute approximate surface area is 143 Å². The van der Waals surface area contributed by atoms with Gasteiger partial charge in [0.05, 0.1) is 19.0 Å². The Hall–Kier alpha value is -0.583. The van der Waals surface area contributed by atoms with E-state index in [0.29, 0.717) is 13.2 Å². The predicted octanol–water partition coefficient (Wildman–Crippen LogP) is 5.40. The third-order valence-electron chi connectivity index (χ3n) is 6.05. The first-order valence-electron chi connectivity index (χ1n) is 8.70. The Kier molecular flexibility index (Phi) is 4.68. The highest BCUT2D eigenvalue weighted by Gasteiger charge is 2.55. The van der Waals surface area contributed by atoms with Crippen molar-refractivity contribution in [2.24, 2.45) is 5.41 Å². The molecule has 4 heteroatoms. The third kappa shape index (κ3) is 3.05. The van der Waals surface area contributed by atoms with Crippen LogP contribution in [0.15, 0.2) is 23.5 Å². The summed E-state index contributed by atoms with van der Waals surface area (Å²) in [6.45, 7) is 23.6. The minimum Gasteiger partial charge on any atom is -0.544 e. The quantitative estimate of drug-likeness (QED) is 0.509. The second-order valence-electron chi connectivity index (χ2n) is 9.02. The molecule has 0 amide bonds. The number of hydrogen-bond donors (Lipinski definition) is 0. The average Bonchev–Trinajstić information content (AvgIpc) is 2.82. The number of allylic oxidation sites excluding steroid dienone is 2. The molecule has 1 aliphatic carbocycles. The van der Waals surface area contributed by atoms with Gasteiger partial charge in [-0.05, 0) is 31.5 Å². The lowest BCUT2D eigenvalue weighted by molar-refractivity contribution is -0.224. The monoisotopic (exact) mass is 338 g/mol. The lowest BCUT2D eigenvalue weighted by atomic mass is 9.67. The summed E-state index contributed by atoms with van der Waals surface area (Å²) < 4.78 is 18.7. The maximum atomic E-state index is 6.53. The third-order valence-corrected chi connectivity index (χ3v) is 10.4. The summed E-state index contributed by atoms with van der Waals surface area (Å²) in [5.41, 5.74) is 2.28. The first-order chi connectivity index (χ1) is 10.3.